The van der Waals surface area contributed by atoms with Crippen LogP contribution in [0.15, 0.2) is 121 Å². The van der Waals surface area contributed by atoms with Crippen molar-refractivity contribution in [3.63, 3.8) is 0 Å². The van der Waals surface area contributed by atoms with Crippen LogP contribution < -0.4 is 19.7 Å². The average Bonchev–Trinajstić information content (AvgIpc) is 3.15. The van der Waals surface area contributed by atoms with Crippen molar-refractivity contribution in [2.75, 3.05) is 38.8 Å². The first-order valence-electron chi connectivity index (χ1n) is 17.8. The Bertz CT molecular complexity index is 1990. The van der Waals surface area contributed by atoms with Gasteiger partial charge in [0.25, 0.3) is 14.7 Å². The summed E-state index contributed by atoms with van der Waals surface area (Å²) in [6.07, 6.45) is -0.690. The van der Waals surface area contributed by atoms with Crippen molar-refractivity contribution in [1.82, 2.24) is 0 Å². The van der Waals surface area contributed by atoms with Gasteiger partial charge in [0.15, 0.2) is 0 Å². The lowest BCUT2D eigenvalue weighted by Gasteiger charge is -2.31. The van der Waals surface area contributed by atoms with Gasteiger partial charge in [0.1, 0.15) is 23.7 Å². The third-order valence-corrected chi connectivity index (χ3v) is 14.0. The molecule has 2 aliphatic heterocycles. The molecule has 0 bridgehead atoms. The van der Waals surface area contributed by atoms with Crippen molar-refractivity contribution in [1.29, 1.82) is 0 Å². The van der Waals surface area contributed by atoms with E-state index in [9.17, 15) is 18.7 Å². The molecule has 0 N–H and O–H groups in total. The molecule has 0 aromatic heterocycles. The van der Waals surface area contributed by atoms with Crippen LogP contribution in [0, 0.1) is 0 Å². The molecule has 6 rings (SSSR count). The SMILES string of the molecule is C=C(C)C(=O)OC(COCCCCOCC(CP1(=O)Oc2ccccc2-c2ccccc21)OC(=O)C(=C)C)CP1(=O)Oc2ccccc2-c2ccccc21. The summed E-state index contributed by atoms with van der Waals surface area (Å²) in [5.74, 6) is -0.193. The maximum Gasteiger partial charge on any atom is 0.333 e. The van der Waals surface area contributed by atoms with Gasteiger partial charge in [0.05, 0.1) is 36.1 Å². The Balaban J connectivity index is 1.03. The monoisotopic (exact) mass is 770 g/mol. The average molecular weight is 771 g/mol. The van der Waals surface area contributed by atoms with Crippen molar-refractivity contribution < 1.29 is 46.7 Å². The summed E-state index contributed by atoms with van der Waals surface area (Å²) in [7, 11) is -7.01. The van der Waals surface area contributed by atoms with Gasteiger partial charge in [-0.2, -0.15) is 0 Å². The number of hydrogen-bond acceptors (Lipinski definition) is 10. The molecule has 4 unspecified atom stereocenters. The summed E-state index contributed by atoms with van der Waals surface area (Å²) in [6, 6.07) is 29.6. The number of fused-ring (bicyclic) bond motifs is 6. The molecule has 0 fully saturated rings. The highest BCUT2D eigenvalue weighted by atomic mass is 31.2. The van der Waals surface area contributed by atoms with Crippen LogP contribution in [0.5, 0.6) is 11.5 Å². The van der Waals surface area contributed by atoms with E-state index >= 15 is 0 Å². The van der Waals surface area contributed by atoms with Crippen LogP contribution in [0.3, 0.4) is 0 Å². The van der Waals surface area contributed by atoms with E-state index in [-0.39, 0.29) is 36.7 Å². The summed E-state index contributed by atoms with van der Waals surface area (Å²) < 4.78 is 64.4. The smallest absolute Gasteiger partial charge is 0.333 e. The van der Waals surface area contributed by atoms with Gasteiger partial charge in [0, 0.05) is 35.5 Å². The molecule has 282 valence electrons. The van der Waals surface area contributed by atoms with Gasteiger partial charge in [-0.15, -0.1) is 0 Å². The molecule has 54 heavy (non-hydrogen) atoms. The molecule has 0 amide bonds. The first-order chi connectivity index (χ1) is 26.0. The van der Waals surface area contributed by atoms with E-state index in [0.29, 0.717) is 48.2 Å². The fraction of sp³-hybridized carbons (Fsp3) is 0.286. The molecule has 10 nitrogen and oxygen atoms in total. The van der Waals surface area contributed by atoms with Crippen LogP contribution in [0.25, 0.3) is 22.3 Å². The molecular weight excluding hydrogens is 726 g/mol. The van der Waals surface area contributed by atoms with Gasteiger partial charge in [-0.3, -0.25) is 9.13 Å². The number of hydrogen-bond donors (Lipinski definition) is 0. The van der Waals surface area contributed by atoms with E-state index in [4.69, 9.17) is 28.0 Å². The molecule has 2 heterocycles. The fourth-order valence-corrected chi connectivity index (χ4v) is 11.2. The summed E-state index contributed by atoms with van der Waals surface area (Å²) >= 11 is 0. The highest BCUT2D eigenvalue weighted by molar-refractivity contribution is 7.68. The van der Waals surface area contributed by atoms with Gasteiger partial charge in [-0.25, -0.2) is 9.59 Å². The zero-order chi connectivity index (χ0) is 38.3. The zero-order valence-corrected chi connectivity index (χ0v) is 32.2. The molecule has 0 saturated carbocycles. The van der Waals surface area contributed by atoms with E-state index < -0.39 is 38.9 Å². The molecule has 4 atom stereocenters. The predicted octanol–water partition coefficient (Wildman–Crippen LogP) is 8.10. The number of carbonyl (C=O) groups excluding carboxylic acids is 2. The van der Waals surface area contributed by atoms with Crippen molar-refractivity contribution in [2.45, 2.75) is 38.9 Å². The van der Waals surface area contributed by atoms with E-state index in [2.05, 4.69) is 13.2 Å². The van der Waals surface area contributed by atoms with Crippen LogP contribution in [-0.4, -0.2) is 62.9 Å². The Kier molecular flexibility index (Phi) is 12.4. The minimum absolute atomic E-state index is 0.00411. The van der Waals surface area contributed by atoms with Crippen molar-refractivity contribution in [2.24, 2.45) is 0 Å². The first-order valence-corrected chi connectivity index (χ1v) is 21.4. The lowest BCUT2D eigenvalue weighted by atomic mass is 10.0. The van der Waals surface area contributed by atoms with E-state index in [1.165, 1.54) is 0 Å². The Labute approximate surface area is 316 Å². The van der Waals surface area contributed by atoms with E-state index in [1.807, 2.05) is 72.8 Å². The molecule has 4 aromatic carbocycles. The van der Waals surface area contributed by atoms with Crippen LogP contribution in [0.2, 0.25) is 0 Å². The second-order valence-corrected chi connectivity index (χ2v) is 18.1. The third kappa shape index (κ3) is 8.97. The fourth-order valence-electron chi connectivity index (χ4n) is 6.35. The van der Waals surface area contributed by atoms with Crippen molar-refractivity contribution in [3.05, 3.63) is 121 Å². The summed E-state index contributed by atoms with van der Waals surface area (Å²) in [4.78, 5) is 25.2. The predicted molar refractivity (Wildman–Crippen MR) is 209 cm³/mol. The minimum Gasteiger partial charge on any atom is -0.456 e. The van der Waals surface area contributed by atoms with Crippen LogP contribution in [0.1, 0.15) is 26.7 Å². The van der Waals surface area contributed by atoms with Gasteiger partial charge in [0.2, 0.25) is 0 Å². The highest BCUT2D eigenvalue weighted by Gasteiger charge is 2.40. The second-order valence-electron chi connectivity index (χ2n) is 13.4. The highest BCUT2D eigenvalue weighted by Crippen LogP contribution is 2.56. The van der Waals surface area contributed by atoms with Crippen molar-refractivity contribution in [3.8, 4) is 33.8 Å². The number of carbonyl (C=O) groups is 2. The lowest BCUT2D eigenvalue weighted by molar-refractivity contribution is -0.147. The lowest BCUT2D eigenvalue weighted by Crippen LogP contribution is -2.32. The van der Waals surface area contributed by atoms with Crippen LogP contribution >= 0.6 is 14.7 Å². The van der Waals surface area contributed by atoms with Gasteiger partial charge in [-0.05, 0) is 62.1 Å². The van der Waals surface area contributed by atoms with Crippen LogP contribution in [-0.2, 0) is 37.7 Å². The number of ether oxygens (including phenoxy) is 4. The number of esters is 2. The Hall–Kier alpha value is -4.72. The molecule has 12 heteroatoms. The minimum atomic E-state index is -3.50. The standard InChI is InChI=1S/C42H44O10P2/c1-29(2)41(43)49-31(27-53(45)39-21-11-7-17-35(39)33-15-5-9-19-37(33)51-53)25-47-23-13-14-24-48-26-32(50-42(44)30(3)4)28-54(46)40-22-12-8-18-36(40)34-16-6-10-20-38(34)52-54/h5-12,15-22,31-32H,1,3,13-14,23-28H2,2,4H3. The van der Waals surface area contributed by atoms with E-state index in [0.717, 1.165) is 22.3 Å². The molecule has 0 aliphatic carbocycles. The second kappa shape index (κ2) is 17.2. The summed E-state index contributed by atoms with van der Waals surface area (Å²) in [5, 5.41) is 1.14. The van der Waals surface area contributed by atoms with E-state index in [1.54, 1.807) is 38.1 Å². The summed E-state index contributed by atoms with van der Waals surface area (Å²) in [5.41, 5.74) is 3.76. The number of para-hydroxylation sites is 2. The number of rotatable bonds is 17. The Morgan fingerprint density at radius 2 is 0.926 bits per heavy atom. The van der Waals surface area contributed by atoms with Gasteiger partial charge < -0.3 is 28.0 Å². The van der Waals surface area contributed by atoms with Crippen LogP contribution in [0.4, 0.5) is 0 Å². The maximum atomic E-state index is 14.4. The first kappa shape index (κ1) is 39.0. The number of benzene rings is 4. The quantitative estimate of drug-likeness (QED) is 0.0451. The zero-order valence-electron chi connectivity index (χ0n) is 30.4. The topological polar surface area (TPSA) is 124 Å². The molecule has 0 spiro atoms. The third-order valence-electron chi connectivity index (χ3n) is 8.96. The molecule has 2 aliphatic rings. The Morgan fingerprint density at radius 1 is 0.574 bits per heavy atom. The maximum absolute atomic E-state index is 14.4. The molecule has 4 aromatic rings. The molecule has 0 radical (unpaired) electrons. The Morgan fingerprint density at radius 3 is 1.31 bits per heavy atom. The largest absolute Gasteiger partial charge is 0.456 e. The molecule has 0 saturated heterocycles. The van der Waals surface area contributed by atoms with Gasteiger partial charge >= 0.3 is 11.9 Å². The normalized spacial score (nSPS) is 18.9. The van der Waals surface area contributed by atoms with Gasteiger partial charge in [-0.1, -0.05) is 86.0 Å². The number of unbranched alkanes of at least 4 members (excludes halogenated alkanes) is 1. The van der Waals surface area contributed by atoms with Crippen molar-refractivity contribution >= 4 is 37.3 Å². The molecular formula is C42H44O10P2. The summed E-state index contributed by atoms with van der Waals surface area (Å²) in [6.45, 7) is 11.1.